The van der Waals surface area contributed by atoms with E-state index in [9.17, 15) is 4.79 Å². The summed E-state index contributed by atoms with van der Waals surface area (Å²) in [5.74, 6) is 2.20. The number of morpholine rings is 1. The fourth-order valence-electron chi connectivity index (χ4n) is 4.44. The number of aromatic nitrogens is 4. The minimum Gasteiger partial charge on any atom is -0.490 e. The van der Waals surface area contributed by atoms with E-state index < -0.39 is 6.04 Å². The molecule has 1 aromatic heterocycles. The third-order valence-electron chi connectivity index (χ3n) is 6.60. The summed E-state index contributed by atoms with van der Waals surface area (Å²) < 4.78 is 17.4. The number of anilines is 1. The maximum Gasteiger partial charge on any atom is 0.238 e. The fraction of sp³-hybridized carbons (Fsp3) is 0.310. The van der Waals surface area contributed by atoms with Crippen molar-refractivity contribution in [1.29, 1.82) is 0 Å². The van der Waals surface area contributed by atoms with Gasteiger partial charge in [-0.25, -0.2) is 0 Å². The highest BCUT2D eigenvalue weighted by Crippen LogP contribution is 2.26. The Morgan fingerprint density at radius 2 is 1.76 bits per heavy atom. The number of tetrazole rings is 1. The lowest BCUT2D eigenvalue weighted by Gasteiger charge is -2.33. The first-order valence-corrected chi connectivity index (χ1v) is 13.8. The van der Waals surface area contributed by atoms with Crippen LogP contribution in [-0.2, 0) is 9.53 Å². The molecule has 1 unspecified atom stereocenters. The second kappa shape index (κ2) is 14.6. The average molecular weight is 578 g/mol. The molecule has 4 aromatic rings. The van der Waals surface area contributed by atoms with Crippen molar-refractivity contribution in [1.82, 2.24) is 30.4 Å². The van der Waals surface area contributed by atoms with Crippen molar-refractivity contribution < 1.29 is 19.0 Å². The Hall–Kier alpha value is -4.03. The van der Waals surface area contributed by atoms with Crippen molar-refractivity contribution >= 4 is 23.2 Å². The number of aromatic amines is 1. The predicted molar refractivity (Wildman–Crippen MR) is 154 cm³/mol. The van der Waals surface area contributed by atoms with E-state index in [0.29, 0.717) is 47.8 Å². The summed E-state index contributed by atoms with van der Waals surface area (Å²) in [6.45, 7) is 4.61. The maximum atomic E-state index is 13.3. The lowest BCUT2D eigenvalue weighted by Crippen LogP contribution is -2.45. The highest BCUT2D eigenvalue weighted by atomic mass is 35.5. The van der Waals surface area contributed by atoms with Crippen LogP contribution in [-0.4, -0.2) is 88.9 Å². The molecule has 3 aromatic carbocycles. The van der Waals surface area contributed by atoms with Gasteiger partial charge in [-0.3, -0.25) is 14.6 Å². The van der Waals surface area contributed by atoms with Crippen LogP contribution in [0, 0.1) is 0 Å². The number of nitrogens with zero attached hydrogens (tertiary/aromatic N) is 5. The second-order valence-electron chi connectivity index (χ2n) is 9.44. The number of amides is 1. The van der Waals surface area contributed by atoms with E-state index in [2.05, 4.69) is 30.8 Å². The normalized spacial score (nSPS) is 14.5. The van der Waals surface area contributed by atoms with Gasteiger partial charge in [0.25, 0.3) is 0 Å². The quantitative estimate of drug-likeness (QED) is 0.243. The average Bonchev–Trinajstić information content (AvgIpc) is 3.54. The van der Waals surface area contributed by atoms with Gasteiger partial charge in [0.2, 0.25) is 5.91 Å². The smallest absolute Gasteiger partial charge is 0.238 e. The molecule has 1 fully saturated rings. The monoisotopic (exact) mass is 577 g/mol. The number of ether oxygens (including phenoxy) is 3. The number of para-hydroxylation sites is 2. The number of carbonyl (C=O) groups is 1. The van der Waals surface area contributed by atoms with Gasteiger partial charge in [-0.15, -0.1) is 10.2 Å². The molecule has 0 spiro atoms. The Morgan fingerprint density at radius 1 is 1.02 bits per heavy atom. The maximum absolute atomic E-state index is 13.3. The van der Waals surface area contributed by atoms with E-state index in [1.54, 1.807) is 12.1 Å². The van der Waals surface area contributed by atoms with Gasteiger partial charge in [0.05, 0.1) is 24.8 Å². The topological polar surface area (TPSA) is 118 Å². The number of rotatable bonds is 13. The van der Waals surface area contributed by atoms with Crippen LogP contribution in [0.15, 0.2) is 78.9 Å². The zero-order valence-electron chi connectivity index (χ0n) is 22.5. The number of benzene rings is 3. The minimum absolute atomic E-state index is 0.0810. The summed E-state index contributed by atoms with van der Waals surface area (Å²) >= 11 is 6.33. The number of halogens is 1. The van der Waals surface area contributed by atoms with Crippen LogP contribution >= 0.6 is 11.6 Å². The molecule has 214 valence electrons. The minimum atomic E-state index is -0.460. The first-order chi connectivity index (χ1) is 20.1. The molecule has 1 saturated heterocycles. The summed E-state index contributed by atoms with van der Waals surface area (Å²) in [4.78, 5) is 17.6. The molecule has 2 heterocycles. The molecule has 12 heteroatoms. The molecule has 0 radical (unpaired) electrons. The number of hydrogen-bond donors (Lipinski definition) is 2. The van der Waals surface area contributed by atoms with Gasteiger partial charge < -0.3 is 19.5 Å². The lowest BCUT2D eigenvalue weighted by atomic mass is 10.2. The molecule has 5 rings (SSSR count). The van der Waals surface area contributed by atoms with Crippen LogP contribution < -0.4 is 14.8 Å². The number of nitrogens with one attached hydrogen (secondary N) is 2. The van der Waals surface area contributed by atoms with E-state index >= 15 is 0 Å². The summed E-state index contributed by atoms with van der Waals surface area (Å²) in [7, 11) is 0. The van der Waals surface area contributed by atoms with Gasteiger partial charge in [0.15, 0.2) is 5.82 Å². The zero-order valence-corrected chi connectivity index (χ0v) is 23.2. The third kappa shape index (κ3) is 8.48. The molecule has 1 aliphatic heterocycles. The summed E-state index contributed by atoms with van der Waals surface area (Å²) in [6, 6.07) is 23.6. The fourth-order valence-corrected chi connectivity index (χ4v) is 4.63. The Labute approximate surface area is 243 Å². The molecule has 1 amide bonds. The highest BCUT2D eigenvalue weighted by Gasteiger charge is 2.28. The van der Waals surface area contributed by atoms with E-state index in [0.717, 1.165) is 25.4 Å². The van der Waals surface area contributed by atoms with E-state index in [4.69, 9.17) is 25.8 Å². The van der Waals surface area contributed by atoms with Gasteiger partial charge in [-0.2, -0.15) is 5.21 Å². The van der Waals surface area contributed by atoms with Crippen molar-refractivity contribution in [3.63, 3.8) is 0 Å². The van der Waals surface area contributed by atoms with Gasteiger partial charge in [0.1, 0.15) is 29.9 Å². The molecule has 0 bridgehead atoms. The Morgan fingerprint density at radius 3 is 2.49 bits per heavy atom. The predicted octanol–water partition coefficient (Wildman–Crippen LogP) is 4.04. The van der Waals surface area contributed by atoms with Gasteiger partial charge in [0, 0.05) is 31.9 Å². The van der Waals surface area contributed by atoms with E-state index in [-0.39, 0.29) is 19.1 Å². The van der Waals surface area contributed by atoms with Crippen LogP contribution in [0.5, 0.6) is 17.2 Å². The third-order valence-corrected chi connectivity index (χ3v) is 6.92. The summed E-state index contributed by atoms with van der Waals surface area (Å²) in [6.07, 6.45) is 0. The van der Waals surface area contributed by atoms with Crippen molar-refractivity contribution in [2.24, 2.45) is 0 Å². The Bertz CT molecular complexity index is 1350. The summed E-state index contributed by atoms with van der Waals surface area (Å²) in [5, 5.41) is 18.2. The van der Waals surface area contributed by atoms with Crippen LogP contribution in [0.4, 0.5) is 5.69 Å². The van der Waals surface area contributed by atoms with Crippen LogP contribution in [0.2, 0.25) is 5.02 Å². The Kier molecular flexibility index (Phi) is 10.1. The Balaban J connectivity index is 1.27. The number of carbonyl (C=O) groups excluding carboxylic acids is 1. The molecule has 0 aliphatic carbocycles. The van der Waals surface area contributed by atoms with Gasteiger partial charge >= 0.3 is 0 Å². The number of hydrogen-bond acceptors (Lipinski definition) is 9. The second-order valence-corrected chi connectivity index (χ2v) is 9.85. The molecule has 0 saturated carbocycles. The van der Waals surface area contributed by atoms with Crippen molar-refractivity contribution in [3.05, 3.63) is 89.7 Å². The van der Waals surface area contributed by atoms with Gasteiger partial charge in [-0.05, 0) is 48.5 Å². The summed E-state index contributed by atoms with van der Waals surface area (Å²) in [5.41, 5.74) is 0.659. The molecule has 1 atom stereocenters. The van der Waals surface area contributed by atoms with Gasteiger partial charge in [-0.1, -0.05) is 47.1 Å². The largest absolute Gasteiger partial charge is 0.490 e. The van der Waals surface area contributed by atoms with Crippen molar-refractivity contribution in [2.45, 2.75) is 6.04 Å². The van der Waals surface area contributed by atoms with Crippen LogP contribution in [0.1, 0.15) is 11.9 Å². The van der Waals surface area contributed by atoms with Crippen molar-refractivity contribution in [2.75, 3.05) is 57.9 Å². The highest BCUT2D eigenvalue weighted by molar-refractivity contribution is 6.32. The molecular weight excluding hydrogens is 546 g/mol. The lowest BCUT2D eigenvalue weighted by molar-refractivity contribution is -0.118. The van der Waals surface area contributed by atoms with Crippen LogP contribution in [0.25, 0.3) is 0 Å². The molecule has 11 nitrogen and oxygen atoms in total. The molecule has 2 N–H and O–H groups in total. The first kappa shape index (κ1) is 28.5. The molecule has 1 aliphatic rings. The SMILES string of the molecule is O=C(CN(CCN1CCOCC1)C(COc1ccccc1Cl)c1nn[nH]n1)Nc1ccc(Oc2ccccc2)cc1. The molecule has 41 heavy (non-hydrogen) atoms. The van der Waals surface area contributed by atoms with Crippen molar-refractivity contribution in [3.8, 4) is 17.2 Å². The standard InChI is InChI=1S/C29H32ClN7O4/c30-25-8-4-5-9-27(25)40-21-26(29-32-34-35-33-29)37(15-14-36-16-18-39-19-17-36)20-28(38)31-22-10-12-24(13-11-22)41-23-6-2-1-3-7-23/h1-13,26H,14-21H2,(H,31,38)(H,32,33,34,35). The number of H-pyrrole nitrogens is 1. The van der Waals surface area contributed by atoms with E-state index in [1.165, 1.54) is 0 Å². The zero-order chi connectivity index (χ0) is 28.3. The molecular formula is C29H32ClN7O4. The van der Waals surface area contributed by atoms with E-state index in [1.807, 2.05) is 71.6 Å². The first-order valence-electron chi connectivity index (χ1n) is 13.4. The van der Waals surface area contributed by atoms with Crippen LogP contribution in [0.3, 0.4) is 0 Å².